The first-order chi connectivity index (χ1) is 19.7. The summed E-state index contributed by atoms with van der Waals surface area (Å²) in [6.07, 6.45) is 0.264. The number of likely N-dealkylation sites (N-methyl/N-ethyl adjacent to an activating group) is 1. The number of aryl methyl sites for hydroxylation is 1. The molecule has 7 nitrogen and oxygen atoms in total. The summed E-state index contributed by atoms with van der Waals surface area (Å²) in [7, 11) is 1.59. The van der Waals surface area contributed by atoms with Crippen molar-refractivity contribution in [1.29, 1.82) is 0 Å². The standard InChI is InChI=1S/C32H31Cl2N3O4/c1-4-37(36-26-10-14-27(40-3)15-11-26)32(39)30(35-31(38)23-7-5-6-21(2)16-23)17-22-8-12-28(13-9-22)41-29-19-24(33)18-25(34)20-29/h5-16,18-20,30,36H,4,17H2,1-3H3,(H,35,38). The average molecular weight is 593 g/mol. The van der Waals surface area contributed by atoms with Gasteiger partial charge in [0.25, 0.3) is 11.8 Å². The zero-order valence-corrected chi connectivity index (χ0v) is 24.5. The van der Waals surface area contributed by atoms with Crippen LogP contribution >= 0.6 is 23.2 Å². The van der Waals surface area contributed by atoms with Crippen LogP contribution in [0.2, 0.25) is 10.0 Å². The minimum atomic E-state index is -0.841. The number of ether oxygens (including phenoxy) is 2. The minimum absolute atomic E-state index is 0.264. The zero-order chi connectivity index (χ0) is 29.4. The number of benzene rings is 4. The van der Waals surface area contributed by atoms with Gasteiger partial charge < -0.3 is 14.8 Å². The number of carbonyl (C=O) groups excluding carboxylic acids is 2. The highest BCUT2D eigenvalue weighted by atomic mass is 35.5. The smallest absolute Gasteiger partial charge is 0.263 e. The van der Waals surface area contributed by atoms with Gasteiger partial charge in [-0.05, 0) is 86.1 Å². The van der Waals surface area contributed by atoms with Gasteiger partial charge in [-0.25, -0.2) is 0 Å². The Morgan fingerprint density at radius 3 is 2.12 bits per heavy atom. The van der Waals surface area contributed by atoms with Crippen molar-refractivity contribution < 1.29 is 19.1 Å². The summed E-state index contributed by atoms with van der Waals surface area (Å²) in [5, 5.41) is 5.38. The Bertz CT molecular complexity index is 1470. The third kappa shape index (κ3) is 8.39. The summed E-state index contributed by atoms with van der Waals surface area (Å²) in [6, 6.07) is 25.9. The third-order valence-electron chi connectivity index (χ3n) is 6.25. The van der Waals surface area contributed by atoms with E-state index < -0.39 is 6.04 Å². The van der Waals surface area contributed by atoms with Crippen molar-refractivity contribution in [2.75, 3.05) is 19.1 Å². The molecule has 0 fully saturated rings. The maximum absolute atomic E-state index is 13.8. The third-order valence-corrected chi connectivity index (χ3v) is 6.69. The number of rotatable bonds is 11. The van der Waals surface area contributed by atoms with Crippen LogP contribution in [0.25, 0.3) is 0 Å². The molecule has 2 amide bonds. The van der Waals surface area contributed by atoms with Gasteiger partial charge in [-0.3, -0.25) is 20.0 Å². The van der Waals surface area contributed by atoms with E-state index in [1.165, 1.54) is 5.01 Å². The molecule has 0 radical (unpaired) electrons. The molecule has 0 spiro atoms. The molecule has 0 heterocycles. The number of nitrogens with one attached hydrogen (secondary N) is 2. The number of hydrogen-bond acceptors (Lipinski definition) is 5. The van der Waals surface area contributed by atoms with E-state index in [4.69, 9.17) is 32.7 Å². The Kier molecular flexibility index (Phi) is 10.1. The van der Waals surface area contributed by atoms with Crippen LogP contribution < -0.4 is 20.2 Å². The van der Waals surface area contributed by atoms with Gasteiger partial charge in [0.1, 0.15) is 23.3 Å². The fourth-order valence-corrected chi connectivity index (χ4v) is 4.69. The number of hydrogen-bond donors (Lipinski definition) is 2. The normalized spacial score (nSPS) is 11.3. The van der Waals surface area contributed by atoms with Gasteiger partial charge in [-0.2, -0.15) is 0 Å². The summed E-state index contributed by atoms with van der Waals surface area (Å²) in [4.78, 5) is 27.0. The second-order valence-corrected chi connectivity index (χ2v) is 10.2. The Morgan fingerprint density at radius 2 is 1.51 bits per heavy atom. The SMILES string of the molecule is CCN(Nc1ccc(OC)cc1)C(=O)C(Cc1ccc(Oc2cc(Cl)cc(Cl)c2)cc1)NC(=O)c1cccc(C)c1. The second kappa shape index (κ2) is 13.9. The van der Waals surface area contributed by atoms with Gasteiger partial charge in [0, 0.05) is 28.6 Å². The van der Waals surface area contributed by atoms with Crippen LogP contribution in [0.1, 0.15) is 28.4 Å². The van der Waals surface area contributed by atoms with Crippen LogP contribution in [-0.2, 0) is 11.2 Å². The van der Waals surface area contributed by atoms with Crippen LogP contribution in [-0.4, -0.2) is 36.5 Å². The lowest BCUT2D eigenvalue weighted by atomic mass is 10.0. The maximum atomic E-state index is 13.8. The lowest BCUT2D eigenvalue weighted by molar-refractivity contribution is -0.131. The van der Waals surface area contributed by atoms with Crippen molar-refractivity contribution in [3.8, 4) is 17.2 Å². The number of hydrazine groups is 1. The molecule has 1 unspecified atom stereocenters. The van der Waals surface area contributed by atoms with E-state index >= 15 is 0 Å². The van der Waals surface area contributed by atoms with E-state index in [0.717, 1.165) is 11.1 Å². The molecule has 1 atom stereocenters. The average Bonchev–Trinajstić information content (AvgIpc) is 2.96. The van der Waals surface area contributed by atoms with Gasteiger partial charge >= 0.3 is 0 Å². The highest BCUT2D eigenvalue weighted by Crippen LogP contribution is 2.28. The molecule has 9 heteroatoms. The molecule has 2 N–H and O–H groups in total. The predicted octanol–water partition coefficient (Wildman–Crippen LogP) is 7.32. The monoisotopic (exact) mass is 591 g/mol. The first kappa shape index (κ1) is 29.8. The Balaban J connectivity index is 1.54. The molecule has 0 saturated heterocycles. The number of anilines is 1. The van der Waals surface area contributed by atoms with Crippen molar-refractivity contribution in [2.45, 2.75) is 26.3 Å². The summed E-state index contributed by atoms with van der Waals surface area (Å²) in [6.45, 7) is 4.15. The fraction of sp³-hybridized carbons (Fsp3) is 0.188. The second-order valence-electron chi connectivity index (χ2n) is 9.37. The van der Waals surface area contributed by atoms with Crippen LogP contribution in [0.4, 0.5) is 5.69 Å². The lowest BCUT2D eigenvalue weighted by Gasteiger charge is -2.28. The predicted molar refractivity (Wildman–Crippen MR) is 163 cm³/mol. The van der Waals surface area contributed by atoms with Gasteiger partial charge in [-0.1, -0.05) is 53.0 Å². The lowest BCUT2D eigenvalue weighted by Crippen LogP contribution is -2.51. The van der Waals surface area contributed by atoms with Crippen LogP contribution in [0.3, 0.4) is 0 Å². The van der Waals surface area contributed by atoms with Gasteiger partial charge in [0.2, 0.25) is 0 Å². The molecule has 0 aliphatic heterocycles. The highest BCUT2D eigenvalue weighted by molar-refractivity contribution is 6.34. The molecule has 0 aromatic heterocycles. The van der Waals surface area contributed by atoms with Crippen molar-refractivity contribution in [2.24, 2.45) is 0 Å². The zero-order valence-electron chi connectivity index (χ0n) is 23.0. The van der Waals surface area contributed by atoms with Crippen molar-refractivity contribution >= 4 is 40.7 Å². The van der Waals surface area contributed by atoms with Gasteiger partial charge in [0.15, 0.2) is 0 Å². The van der Waals surface area contributed by atoms with Crippen molar-refractivity contribution in [3.63, 3.8) is 0 Å². The van der Waals surface area contributed by atoms with Crippen molar-refractivity contribution in [1.82, 2.24) is 10.3 Å². The molecule has 41 heavy (non-hydrogen) atoms. The Labute approximate surface area is 250 Å². The largest absolute Gasteiger partial charge is 0.497 e. The van der Waals surface area contributed by atoms with Crippen LogP contribution in [0.5, 0.6) is 17.2 Å². The number of amides is 2. The molecule has 0 aliphatic carbocycles. The fourth-order valence-electron chi connectivity index (χ4n) is 4.18. The summed E-state index contributed by atoms with van der Waals surface area (Å²) in [5.41, 5.74) is 6.14. The molecule has 0 aliphatic rings. The quantitative estimate of drug-likeness (QED) is 0.179. The van der Waals surface area contributed by atoms with Crippen LogP contribution in [0.15, 0.2) is 91.0 Å². The van der Waals surface area contributed by atoms with Gasteiger partial charge in [-0.15, -0.1) is 0 Å². The molecule has 4 aromatic rings. The molecule has 212 valence electrons. The molecular formula is C32H31Cl2N3O4. The van der Waals surface area contributed by atoms with E-state index in [2.05, 4.69) is 10.7 Å². The first-order valence-electron chi connectivity index (χ1n) is 13.1. The van der Waals surface area contributed by atoms with E-state index in [9.17, 15) is 9.59 Å². The highest BCUT2D eigenvalue weighted by Gasteiger charge is 2.26. The minimum Gasteiger partial charge on any atom is -0.497 e. The number of nitrogens with zero attached hydrogens (tertiary/aromatic N) is 1. The summed E-state index contributed by atoms with van der Waals surface area (Å²) >= 11 is 12.2. The maximum Gasteiger partial charge on any atom is 0.263 e. The number of halogens is 2. The van der Waals surface area contributed by atoms with E-state index in [1.807, 2.05) is 50.2 Å². The van der Waals surface area contributed by atoms with Crippen LogP contribution in [0, 0.1) is 6.92 Å². The van der Waals surface area contributed by atoms with E-state index in [-0.39, 0.29) is 18.2 Å². The van der Waals surface area contributed by atoms with E-state index in [0.29, 0.717) is 45.1 Å². The Morgan fingerprint density at radius 1 is 0.854 bits per heavy atom. The van der Waals surface area contributed by atoms with Gasteiger partial charge in [0.05, 0.1) is 12.8 Å². The molecule has 4 aromatic carbocycles. The molecule has 4 rings (SSSR count). The van der Waals surface area contributed by atoms with E-state index in [1.54, 1.807) is 61.7 Å². The summed E-state index contributed by atoms with van der Waals surface area (Å²) in [5.74, 6) is 1.19. The Hall–Kier alpha value is -4.20. The first-order valence-corrected chi connectivity index (χ1v) is 13.8. The molecule has 0 bridgehead atoms. The molecule has 0 saturated carbocycles. The number of methoxy groups -OCH3 is 1. The molecular weight excluding hydrogens is 561 g/mol. The van der Waals surface area contributed by atoms with Crippen molar-refractivity contribution in [3.05, 3.63) is 118 Å². The number of carbonyl (C=O) groups is 2. The summed E-state index contributed by atoms with van der Waals surface area (Å²) < 4.78 is 11.1. The topological polar surface area (TPSA) is 79.9 Å².